The second-order valence-electron chi connectivity index (χ2n) is 6.59. The molecule has 2 aromatic rings. The lowest BCUT2D eigenvalue weighted by Crippen LogP contribution is -2.36. The van der Waals surface area contributed by atoms with Crippen LogP contribution in [0.5, 0.6) is 11.5 Å². The summed E-state index contributed by atoms with van der Waals surface area (Å²) in [5.74, 6) is 0.149. The van der Waals surface area contributed by atoms with Crippen LogP contribution in [0.2, 0.25) is 0 Å². The number of carbonyl (C=O) groups excluding carboxylic acids is 3. The minimum Gasteiger partial charge on any atom is -0.465 e. The van der Waals surface area contributed by atoms with E-state index in [1.165, 1.54) is 18.4 Å². The van der Waals surface area contributed by atoms with Crippen LogP contribution in [0.4, 0.5) is 9.80 Å². The summed E-state index contributed by atoms with van der Waals surface area (Å²) in [4.78, 5) is 39.7. The molecule has 4 rings (SSSR count). The lowest BCUT2D eigenvalue weighted by molar-refractivity contribution is 0.0600. The van der Waals surface area contributed by atoms with Gasteiger partial charge < -0.3 is 29.2 Å². The van der Waals surface area contributed by atoms with Crippen LogP contribution in [0.15, 0.2) is 18.2 Å². The predicted octanol–water partition coefficient (Wildman–Crippen LogP) is 3.03. The molecule has 0 saturated heterocycles. The van der Waals surface area contributed by atoms with Gasteiger partial charge in [0, 0.05) is 17.0 Å². The minimum absolute atomic E-state index is 0.113. The summed E-state index contributed by atoms with van der Waals surface area (Å²) in [6.07, 6.45) is 0.0664. The maximum Gasteiger partial charge on any atom is 0.410 e. The van der Waals surface area contributed by atoms with Crippen LogP contribution in [0.25, 0.3) is 0 Å². The molecule has 9 nitrogen and oxygen atoms in total. The van der Waals surface area contributed by atoms with Crippen LogP contribution in [0.1, 0.15) is 38.1 Å². The summed E-state index contributed by atoms with van der Waals surface area (Å²) < 4.78 is 20.6. The van der Waals surface area contributed by atoms with E-state index < -0.39 is 12.1 Å². The maximum atomic E-state index is 12.8. The number of esters is 1. The van der Waals surface area contributed by atoms with Gasteiger partial charge in [-0.3, -0.25) is 4.79 Å². The normalized spacial score (nSPS) is 14.1. The van der Waals surface area contributed by atoms with Crippen molar-refractivity contribution in [2.24, 2.45) is 0 Å². The van der Waals surface area contributed by atoms with Crippen molar-refractivity contribution in [3.8, 4) is 11.5 Å². The van der Waals surface area contributed by atoms with Gasteiger partial charge in [-0.15, -0.1) is 11.3 Å². The van der Waals surface area contributed by atoms with Crippen LogP contribution < -0.4 is 14.8 Å². The van der Waals surface area contributed by atoms with E-state index >= 15 is 0 Å². The maximum absolute atomic E-state index is 12.8. The van der Waals surface area contributed by atoms with E-state index in [1.54, 1.807) is 30.0 Å². The van der Waals surface area contributed by atoms with Crippen LogP contribution in [-0.4, -0.2) is 49.9 Å². The fraction of sp³-hybridized carbons (Fsp3) is 0.350. The highest BCUT2D eigenvalue weighted by Crippen LogP contribution is 2.38. The first kappa shape index (κ1) is 20.0. The van der Waals surface area contributed by atoms with E-state index in [0.717, 1.165) is 10.4 Å². The van der Waals surface area contributed by atoms with E-state index in [2.05, 4.69) is 5.32 Å². The first-order chi connectivity index (χ1) is 14.5. The number of anilines is 1. The Kier molecular flexibility index (Phi) is 5.49. The smallest absolute Gasteiger partial charge is 0.410 e. The van der Waals surface area contributed by atoms with Crippen LogP contribution in [0, 0.1) is 0 Å². The molecule has 2 aliphatic rings. The number of carbonyl (C=O) groups is 3. The van der Waals surface area contributed by atoms with Gasteiger partial charge in [-0.25, -0.2) is 9.59 Å². The van der Waals surface area contributed by atoms with Crippen molar-refractivity contribution in [3.05, 3.63) is 39.8 Å². The summed E-state index contributed by atoms with van der Waals surface area (Å²) in [5.41, 5.74) is 1.48. The summed E-state index contributed by atoms with van der Waals surface area (Å²) in [6.45, 7) is 2.88. The zero-order valence-electron chi connectivity index (χ0n) is 16.5. The summed E-state index contributed by atoms with van der Waals surface area (Å²) in [6, 6.07) is 4.87. The second kappa shape index (κ2) is 8.23. The topological polar surface area (TPSA) is 103 Å². The highest BCUT2D eigenvalue weighted by atomic mass is 32.1. The summed E-state index contributed by atoms with van der Waals surface area (Å²) in [5, 5.41) is 3.20. The third-order valence-corrected chi connectivity index (χ3v) is 5.97. The fourth-order valence-electron chi connectivity index (χ4n) is 3.39. The van der Waals surface area contributed by atoms with Crippen molar-refractivity contribution in [2.75, 3.05) is 32.4 Å². The highest BCUT2D eigenvalue weighted by molar-refractivity contribution is 7.17. The molecular weight excluding hydrogens is 412 g/mol. The largest absolute Gasteiger partial charge is 0.465 e. The molecule has 2 amide bonds. The molecular formula is C20H20N2O7S. The number of methoxy groups -OCH3 is 1. The van der Waals surface area contributed by atoms with Crippen LogP contribution in [-0.2, 0) is 22.4 Å². The number of rotatable bonds is 4. The number of hydrogen-bond acceptors (Lipinski definition) is 8. The minimum atomic E-state index is -0.530. The average molecular weight is 432 g/mol. The molecule has 1 N–H and O–H groups in total. The van der Waals surface area contributed by atoms with E-state index in [-0.39, 0.29) is 19.3 Å². The van der Waals surface area contributed by atoms with Gasteiger partial charge in [0.05, 0.1) is 25.8 Å². The SMILES string of the molecule is CCOC(=O)N1CCc2c(sc(NC(=O)c3ccc4c(c3)OCO4)c2C(=O)OC)C1. The van der Waals surface area contributed by atoms with Gasteiger partial charge in [-0.2, -0.15) is 0 Å². The Morgan fingerprint density at radius 3 is 2.80 bits per heavy atom. The lowest BCUT2D eigenvalue weighted by atomic mass is 10.0. The number of fused-ring (bicyclic) bond motifs is 2. The molecule has 1 aromatic heterocycles. The Morgan fingerprint density at radius 1 is 1.23 bits per heavy atom. The number of thiophene rings is 1. The number of ether oxygens (including phenoxy) is 4. The van der Waals surface area contributed by atoms with Crippen molar-refractivity contribution < 1.29 is 33.3 Å². The molecule has 0 bridgehead atoms. The molecule has 0 fully saturated rings. The van der Waals surface area contributed by atoms with Crippen molar-refractivity contribution in [3.63, 3.8) is 0 Å². The van der Waals surface area contributed by atoms with Crippen molar-refractivity contribution in [1.29, 1.82) is 0 Å². The third kappa shape index (κ3) is 3.65. The van der Waals surface area contributed by atoms with Gasteiger partial charge in [0.15, 0.2) is 11.5 Å². The molecule has 0 spiro atoms. The van der Waals surface area contributed by atoms with Crippen LogP contribution in [0.3, 0.4) is 0 Å². The van der Waals surface area contributed by atoms with E-state index in [9.17, 15) is 14.4 Å². The number of amides is 2. The Morgan fingerprint density at radius 2 is 2.03 bits per heavy atom. The van der Waals surface area contributed by atoms with E-state index in [0.29, 0.717) is 47.1 Å². The Balaban J connectivity index is 1.61. The summed E-state index contributed by atoms with van der Waals surface area (Å²) in [7, 11) is 1.30. The van der Waals surface area contributed by atoms with Crippen molar-refractivity contribution in [2.45, 2.75) is 19.9 Å². The van der Waals surface area contributed by atoms with Crippen LogP contribution >= 0.6 is 11.3 Å². The van der Waals surface area contributed by atoms with Crippen molar-refractivity contribution >= 4 is 34.3 Å². The molecule has 0 aliphatic carbocycles. The first-order valence-electron chi connectivity index (χ1n) is 9.37. The molecule has 158 valence electrons. The highest BCUT2D eigenvalue weighted by Gasteiger charge is 2.31. The van der Waals surface area contributed by atoms with E-state index in [4.69, 9.17) is 18.9 Å². The first-order valence-corrected chi connectivity index (χ1v) is 10.2. The third-order valence-electron chi connectivity index (χ3n) is 4.83. The van der Waals surface area contributed by atoms with Gasteiger partial charge in [0.2, 0.25) is 6.79 Å². The molecule has 2 aliphatic heterocycles. The number of nitrogens with zero attached hydrogens (tertiary/aromatic N) is 1. The van der Waals surface area contributed by atoms with Gasteiger partial charge in [0.25, 0.3) is 5.91 Å². The van der Waals surface area contributed by atoms with E-state index in [1.807, 2.05) is 0 Å². The van der Waals surface area contributed by atoms with Gasteiger partial charge in [-0.05, 0) is 37.1 Å². The Hall–Kier alpha value is -3.27. The zero-order valence-corrected chi connectivity index (χ0v) is 17.3. The summed E-state index contributed by atoms with van der Waals surface area (Å²) >= 11 is 1.26. The molecule has 0 saturated carbocycles. The second-order valence-corrected chi connectivity index (χ2v) is 7.70. The number of benzene rings is 1. The van der Waals surface area contributed by atoms with Gasteiger partial charge in [0.1, 0.15) is 5.00 Å². The monoisotopic (exact) mass is 432 g/mol. The number of nitrogens with one attached hydrogen (secondary N) is 1. The Bertz CT molecular complexity index is 1020. The lowest BCUT2D eigenvalue weighted by Gasteiger charge is -2.26. The Labute approximate surface area is 176 Å². The molecule has 30 heavy (non-hydrogen) atoms. The standard InChI is InChI=1S/C20H20N2O7S/c1-3-27-20(25)22-7-6-12-15(9-22)30-18(16(12)19(24)26-2)21-17(23)11-4-5-13-14(8-11)29-10-28-13/h4-5,8H,3,6-7,9-10H2,1-2H3,(H,21,23). The zero-order chi connectivity index (χ0) is 21.3. The predicted molar refractivity (Wildman–Crippen MR) is 107 cm³/mol. The molecule has 0 radical (unpaired) electrons. The molecule has 10 heteroatoms. The average Bonchev–Trinajstić information content (AvgIpc) is 3.36. The molecule has 1 aromatic carbocycles. The molecule has 0 unspecified atom stereocenters. The van der Waals surface area contributed by atoms with Crippen molar-refractivity contribution in [1.82, 2.24) is 4.90 Å². The molecule has 3 heterocycles. The fourth-order valence-corrected chi connectivity index (χ4v) is 4.64. The van der Waals surface area contributed by atoms with Gasteiger partial charge in [-0.1, -0.05) is 0 Å². The quantitative estimate of drug-likeness (QED) is 0.741. The number of hydrogen-bond donors (Lipinski definition) is 1. The molecule has 0 atom stereocenters. The van der Waals surface area contributed by atoms with Gasteiger partial charge >= 0.3 is 12.1 Å².